The quantitative estimate of drug-likeness (QED) is 0.862. The molecule has 0 fully saturated rings. The second-order valence-electron chi connectivity index (χ2n) is 5.03. The molecule has 1 N–H and O–H groups in total. The number of hydrogen-bond acceptors (Lipinski definition) is 6. The van der Waals surface area contributed by atoms with Gasteiger partial charge in [0.05, 0.1) is 6.61 Å². The molecule has 126 valence electrons. The van der Waals surface area contributed by atoms with Crippen LogP contribution in [-0.2, 0) is 10.0 Å². The molecule has 2 aromatic rings. The van der Waals surface area contributed by atoms with Crippen LogP contribution < -0.4 is 10.1 Å². The summed E-state index contributed by atoms with van der Waals surface area (Å²) in [5.41, 5.74) is 0.800. The van der Waals surface area contributed by atoms with Crippen molar-refractivity contribution in [2.24, 2.45) is 0 Å². The standard InChI is InChI=1S/C16H18N4O3S/c1-4-23-14-9-8-12(10-15(14)24(21,22)20(2)3)18-16-7-5-6-13(11-17)19-16/h5-10H,4H2,1-3H3,(H,18,19). The monoisotopic (exact) mass is 346 g/mol. The molecule has 0 radical (unpaired) electrons. The van der Waals surface area contributed by atoms with Crippen LogP contribution in [-0.4, -0.2) is 38.4 Å². The zero-order valence-electron chi connectivity index (χ0n) is 13.6. The zero-order chi connectivity index (χ0) is 17.7. The lowest BCUT2D eigenvalue weighted by Gasteiger charge is -2.16. The topological polar surface area (TPSA) is 95.3 Å². The van der Waals surface area contributed by atoms with Crippen molar-refractivity contribution >= 4 is 21.5 Å². The molecule has 0 unspecified atom stereocenters. The van der Waals surface area contributed by atoms with E-state index in [4.69, 9.17) is 10.00 Å². The van der Waals surface area contributed by atoms with Crippen molar-refractivity contribution in [1.29, 1.82) is 5.26 Å². The second-order valence-corrected chi connectivity index (χ2v) is 7.15. The van der Waals surface area contributed by atoms with E-state index in [1.807, 2.05) is 6.07 Å². The van der Waals surface area contributed by atoms with Crippen molar-refractivity contribution in [2.75, 3.05) is 26.0 Å². The number of pyridine rings is 1. The van der Waals surface area contributed by atoms with Gasteiger partial charge in [-0.3, -0.25) is 0 Å². The van der Waals surface area contributed by atoms with Crippen molar-refractivity contribution < 1.29 is 13.2 Å². The summed E-state index contributed by atoms with van der Waals surface area (Å²) in [5.74, 6) is 0.738. The largest absolute Gasteiger partial charge is 0.492 e. The highest BCUT2D eigenvalue weighted by atomic mass is 32.2. The summed E-state index contributed by atoms with van der Waals surface area (Å²) in [6, 6.07) is 11.7. The van der Waals surface area contributed by atoms with Gasteiger partial charge >= 0.3 is 0 Å². The number of sulfonamides is 1. The molecule has 0 spiro atoms. The highest BCUT2D eigenvalue weighted by Gasteiger charge is 2.23. The smallest absolute Gasteiger partial charge is 0.246 e. The molecular weight excluding hydrogens is 328 g/mol. The molecule has 24 heavy (non-hydrogen) atoms. The number of ether oxygens (including phenoxy) is 1. The maximum atomic E-state index is 12.5. The molecule has 0 atom stereocenters. The number of nitriles is 1. The Hall–Kier alpha value is -2.63. The van der Waals surface area contributed by atoms with Crippen molar-refractivity contribution in [3.05, 3.63) is 42.1 Å². The predicted molar refractivity (Wildman–Crippen MR) is 90.7 cm³/mol. The highest BCUT2D eigenvalue weighted by molar-refractivity contribution is 7.89. The Kier molecular flexibility index (Phi) is 5.39. The fourth-order valence-corrected chi connectivity index (χ4v) is 3.02. The van der Waals surface area contributed by atoms with E-state index in [1.165, 1.54) is 20.2 Å². The molecule has 0 aliphatic heterocycles. The number of aromatic nitrogens is 1. The van der Waals surface area contributed by atoms with Crippen LogP contribution in [0.25, 0.3) is 0 Å². The zero-order valence-corrected chi connectivity index (χ0v) is 14.5. The molecule has 0 bridgehead atoms. The van der Waals surface area contributed by atoms with Gasteiger partial charge in [0.1, 0.15) is 28.2 Å². The summed E-state index contributed by atoms with van der Waals surface area (Å²) >= 11 is 0. The van der Waals surface area contributed by atoms with Crippen LogP contribution in [0.5, 0.6) is 5.75 Å². The van der Waals surface area contributed by atoms with Gasteiger partial charge in [-0.05, 0) is 37.3 Å². The van der Waals surface area contributed by atoms with Gasteiger partial charge in [0, 0.05) is 19.8 Å². The third-order valence-corrected chi connectivity index (χ3v) is 4.97. The molecule has 0 saturated heterocycles. The summed E-state index contributed by atoms with van der Waals surface area (Å²) in [5, 5.41) is 11.9. The first-order chi connectivity index (χ1) is 11.4. The van der Waals surface area contributed by atoms with Gasteiger partial charge in [-0.1, -0.05) is 6.07 Å². The first-order valence-corrected chi connectivity index (χ1v) is 8.66. The van der Waals surface area contributed by atoms with Gasteiger partial charge < -0.3 is 10.1 Å². The average Bonchev–Trinajstić information content (AvgIpc) is 2.56. The first kappa shape index (κ1) is 17.7. The lowest BCUT2D eigenvalue weighted by atomic mass is 10.3. The summed E-state index contributed by atoms with van der Waals surface area (Å²) in [4.78, 5) is 4.17. The third-order valence-electron chi connectivity index (χ3n) is 3.14. The molecule has 0 saturated carbocycles. The van der Waals surface area contributed by atoms with E-state index < -0.39 is 10.0 Å². The summed E-state index contributed by atoms with van der Waals surface area (Å²) in [6.07, 6.45) is 0. The lowest BCUT2D eigenvalue weighted by molar-refractivity contribution is 0.330. The van der Waals surface area contributed by atoms with E-state index in [9.17, 15) is 8.42 Å². The lowest BCUT2D eigenvalue weighted by Crippen LogP contribution is -2.23. The maximum Gasteiger partial charge on any atom is 0.246 e. The van der Waals surface area contributed by atoms with Crippen molar-refractivity contribution in [2.45, 2.75) is 11.8 Å². The van der Waals surface area contributed by atoms with Gasteiger partial charge in [0.25, 0.3) is 0 Å². The minimum atomic E-state index is -3.66. The van der Waals surface area contributed by atoms with Crippen LogP contribution >= 0.6 is 0 Å². The van der Waals surface area contributed by atoms with Crippen molar-refractivity contribution in [1.82, 2.24) is 9.29 Å². The summed E-state index contributed by atoms with van der Waals surface area (Å²) in [6.45, 7) is 2.14. The molecule has 8 heteroatoms. The Morgan fingerprint density at radius 3 is 2.67 bits per heavy atom. The Bertz CT molecular complexity index is 873. The molecule has 2 rings (SSSR count). The Balaban J connectivity index is 2.44. The third kappa shape index (κ3) is 3.82. The molecule has 1 heterocycles. The molecule has 0 amide bonds. The van der Waals surface area contributed by atoms with Crippen molar-refractivity contribution in [3.63, 3.8) is 0 Å². The number of benzene rings is 1. The van der Waals surface area contributed by atoms with E-state index >= 15 is 0 Å². The molecule has 7 nitrogen and oxygen atoms in total. The van der Waals surface area contributed by atoms with Crippen molar-refractivity contribution in [3.8, 4) is 11.8 Å². The number of anilines is 2. The average molecular weight is 346 g/mol. The van der Waals surface area contributed by atoms with Gasteiger partial charge in [0.2, 0.25) is 10.0 Å². The van der Waals surface area contributed by atoms with E-state index in [0.717, 1.165) is 4.31 Å². The number of hydrogen-bond donors (Lipinski definition) is 1. The van der Waals surface area contributed by atoms with Crippen LogP contribution in [0, 0.1) is 11.3 Å². The second kappa shape index (κ2) is 7.29. The van der Waals surface area contributed by atoms with Crippen LogP contribution in [0.2, 0.25) is 0 Å². The normalized spacial score (nSPS) is 11.1. The van der Waals surface area contributed by atoms with Crippen LogP contribution in [0.3, 0.4) is 0 Å². The summed E-state index contributed by atoms with van der Waals surface area (Å²) < 4.78 is 31.5. The SMILES string of the molecule is CCOc1ccc(Nc2cccc(C#N)n2)cc1S(=O)(=O)N(C)C. The van der Waals surface area contributed by atoms with Crippen LogP contribution in [0.15, 0.2) is 41.3 Å². The minimum absolute atomic E-state index is 0.0655. The van der Waals surface area contributed by atoms with Gasteiger partial charge in [-0.2, -0.15) is 5.26 Å². The molecule has 0 aliphatic rings. The van der Waals surface area contributed by atoms with E-state index in [1.54, 1.807) is 37.3 Å². The minimum Gasteiger partial charge on any atom is -0.492 e. The fourth-order valence-electron chi connectivity index (χ4n) is 1.97. The number of nitrogens with one attached hydrogen (secondary N) is 1. The van der Waals surface area contributed by atoms with E-state index in [2.05, 4.69) is 10.3 Å². The molecule has 1 aromatic heterocycles. The van der Waals surface area contributed by atoms with Gasteiger partial charge in [-0.25, -0.2) is 17.7 Å². The number of rotatable bonds is 6. The molecule has 1 aromatic carbocycles. The Morgan fingerprint density at radius 1 is 1.29 bits per heavy atom. The molecular formula is C16H18N4O3S. The first-order valence-electron chi connectivity index (χ1n) is 7.22. The summed E-state index contributed by atoms with van der Waals surface area (Å²) in [7, 11) is -0.739. The van der Waals surface area contributed by atoms with Gasteiger partial charge in [0.15, 0.2) is 0 Å². The highest BCUT2D eigenvalue weighted by Crippen LogP contribution is 2.30. The van der Waals surface area contributed by atoms with E-state index in [-0.39, 0.29) is 16.3 Å². The fraction of sp³-hybridized carbons (Fsp3) is 0.250. The van der Waals surface area contributed by atoms with Gasteiger partial charge in [-0.15, -0.1) is 0 Å². The number of nitrogens with zero attached hydrogens (tertiary/aromatic N) is 3. The molecule has 0 aliphatic carbocycles. The predicted octanol–water partition coefficient (Wildman–Crippen LogP) is 2.35. The van der Waals surface area contributed by atoms with E-state index in [0.29, 0.717) is 18.1 Å². The Morgan fingerprint density at radius 2 is 2.04 bits per heavy atom. The Labute approximate surface area is 141 Å². The van der Waals surface area contributed by atoms with Crippen LogP contribution in [0.1, 0.15) is 12.6 Å². The van der Waals surface area contributed by atoms with Crippen LogP contribution in [0.4, 0.5) is 11.5 Å². The maximum absolute atomic E-state index is 12.5.